The van der Waals surface area contributed by atoms with Crippen LogP contribution in [0.15, 0.2) is 48.5 Å². The molecule has 0 fully saturated rings. The van der Waals surface area contributed by atoms with Gasteiger partial charge in [0.2, 0.25) is 0 Å². The molecule has 3 aliphatic rings. The van der Waals surface area contributed by atoms with Crippen LogP contribution in [0.1, 0.15) is 86.6 Å². The molecule has 2 bridgehead atoms. The van der Waals surface area contributed by atoms with Gasteiger partial charge in [0.25, 0.3) is 0 Å². The SMILES string of the molecule is O=C(O)c1ccc2c(c1)C1c3cc(C(=O)O)ccc3C2c2c(C(=O)O)ccc(C(=O)O)c21. The lowest BCUT2D eigenvalue weighted by atomic mass is 9.59. The summed E-state index contributed by atoms with van der Waals surface area (Å²) < 4.78 is 0. The Morgan fingerprint density at radius 2 is 0.875 bits per heavy atom. The molecule has 0 atom stereocenters. The Labute approximate surface area is 180 Å². The highest BCUT2D eigenvalue weighted by molar-refractivity contribution is 5.98. The van der Waals surface area contributed by atoms with E-state index < -0.39 is 35.7 Å². The minimum absolute atomic E-state index is 0.0000494. The zero-order valence-electron chi connectivity index (χ0n) is 16.2. The van der Waals surface area contributed by atoms with E-state index in [9.17, 15) is 39.6 Å². The summed E-state index contributed by atoms with van der Waals surface area (Å²) in [5.74, 6) is -6.27. The molecule has 4 N–H and O–H groups in total. The van der Waals surface area contributed by atoms with Crippen molar-refractivity contribution >= 4 is 23.9 Å². The van der Waals surface area contributed by atoms with Crippen LogP contribution < -0.4 is 0 Å². The van der Waals surface area contributed by atoms with Gasteiger partial charge in [0, 0.05) is 11.8 Å². The summed E-state index contributed by atoms with van der Waals surface area (Å²) in [6.45, 7) is 0. The molecule has 0 radical (unpaired) electrons. The molecule has 3 aliphatic carbocycles. The highest BCUT2D eigenvalue weighted by atomic mass is 16.4. The molecular weight excluding hydrogens is 416 g/mol. The van der Waals surface area contributed by atoms with Crippen LogP contribution in [-0.4, -0.2) is 44.3 Å². The maximum atomic E-state index is 12.1. The van der Waals surface area contributed by atoms with Crippen molar-refractivity contribution < 1.29 is 39.6 Å². The maximum absolute atomic E-state index is 12.1. The van der Waals surface area contributed by atoms with Gasteiger partial charge < -0.3 is 20.4 Å². The highest BCUT2D eigenvalue weighted by Crippen LogP contribution is 2.57. The summed E-state index contributed by atoms with van der Waals surface area (Å²) in [6.07, 6.45) is 0. The van der Waals surface area contributed by atoms with E-state index in [4.69, 9.17) is 0 Å². The first-order valence-electron chi connectivity index (χ1n) is 9.58. The Morgan fingerprint density at radius 1 is 0.500 bits per heavy atom. The zero-order valence-corrected chi connectivity index (χ0v) is 16.2. The van der Waals surface area contributed by atoms with Crippen molar-refractivity contribution in [3.8, 4) is 0 Å². The molecule has 0 amide bonds. The largest absolute Gasteiger partial charge is 0.478 e. The second-order valence-electron chi connectivity index (χ2n) is 7.76. The monoisotopic (exact) mass is 430 g/mol. The number of hydrogen-bond donors (Lipinski definition) is 4. The maximum Gasteiger partial charge on any atom is 0.336 e. The van der Waals surface area contributed by atoms with Crippen molar-refractivity contribution in [2.24, 2.45) is 0 Å². The number of carboxylic acid groups (broad SMARTS) is 4. The number of hydrogen-bond acceptors (Lipinski definition) is 4. The quantitative estimate of drug-likeness (QED) is 0.339. The molecule has 0 aliphatic heterocycles. The van der Waals surface area contributed by atoms with Gasteiger partial charge in [0.05, 0.1) is 22.3 Å². The molecular formula is C24H14O8. The zero-order chi connectivity index (χ0) is 22.9. The summed E-state index contributed by atoms with van der Waals surface area (Å²) in [5, 5.41) is 38.6. The molecule has 0 aromatic heterocycles. The number of carbonyl (C=O) groups is 4. The van der Waals surface area contributed by atoms with Crippen LogP contribution in [0.5, 0.6) is 0 Å². The molecule has 32 heavy (non-hydrogen) atoms. The summed E-state index contributed by atoms with van der Waals surface area (Å²) in [7, 11) is 0. The summed E-state index contributed by atoms with van der Waals surface area (Å²) in [6, 6.07) is 11.5. The lowest BCUT2D eigenvalue weighted by Gasteiger charge is -2.43. The van der Waals surface area contributed by atoms with E-state index in [-0.39, 0.29) is 27.8 Å². The van der Waals surface area contributed by atoms with Gasteiger partial charge in [-0.1, -0.05) is 12.1 Å². The lowest BCUT2D eigenvalue weighted by Crippen LogP contribution is -2.32. The third-order valence-corrected chi connectivity index (χ3v) is 6.24. The number of rotatable bonds is 4. The number of benzene rings is 3. The first-order valence-corrected chi connectivity index (χ1v) is 9.58. The van der Waals surface area contributed by atoms with Crippen LogP contribution in [-0.2, 0) is 0 Å². The molecule has 0 spiro atoms. The second-order valence-corrected chi connectivity index (χ2v) is 7.76. The van der Waals surface area contributed by atoms with Crippen LogP contribution in [0.2, 0.25) is 0 Å². The van der Waals surface area contributed by atoms with Gasteiger partial charge in [-0.3, -0.25) is 0 Å². The van der Waals surface area contributed by atoms with E-state index in [1.54, 1.807) is 12.1 Å². The average Bonchev–Trinajstić information content (AvgIpc) is 2.76. The van der Waals surface area contributed by atoms with Gasteiger partial charge in [0.15, 0.2) is 0 Å². The Balaban J connectivity index is 1.93. The third-order valence-electron chi connectivity index (χ3n) is 6.24. The fourth-order valence-electron chi connectivity index (χ4n) is 5.03. The molecule has 8 nitrogen and oxygen atoms in total. The topological polar surface area (TPSA) is 149 Å². The Kier molecular flexibility index (Phi) is 3.97. The minimum Gasteiger partial charge on any atom is -0.478 e. The highest BCUT2D eigenvalue weighted by Gasteiger charge is 2.45. The Morgan fingerprint density at radius 3 is 1.22 bits per heavy atom. The van der Waals surface area contributed by atoms with Gasteiger partial charge >= 0.3 is 23.9 Å². The molecule has 0 saturated heterocycles. The van der Waals surface area contributed by atoms with Crippen LogP contribution in [0.25, 0.3) is 0 Å². The first kappa shape index (κ1) is 19.5. The van der Waals surface area contributed by atoms with E-state index in [1.165, 1.54) is 36.4 Å². The Hall–Kier alpha value is -4.46. The van der Waals surface area contributed by atoms with E-state index in [0.717, 1.165) is 0 Å². The van der Waals surface area contributed by atoms with Gasteiger partial charge in [0.1, 0.15) is 0 Å². The fourth-order valence-corrected chi connectivity index (χ4v) is 5.03. The molecule has 158 valence electrons. The molecule has 8 heteroatoms. The van der Waals surface area contributed by atoms with Crippen molar-refractivity contribution in [3.05, 3.63) is 104 Å². The summed E-state index contributed by atoms with van der Waals surface area (Å²) >= 11 is 0. The van der Waals surface area contributed by atoms with E-state index in [1.807, 2.05) is 0 Å². The van der Waals surface area contributed by atoms with Crippen molar-refractivity contribution in [3.63, 3.8) is 0 Å². The fraction of sp³-hybridized carbons (Fsp3) is 0.0833. The molecule has 0 saturated carbocycles. The summed E-state index contributed by atoms with van der Waals surface area (Å²) in [5.41, 5.74) is 2.87. The predicted octanol–water partition coefficient (Wildman–Crippen LogP) is 3.47. The van der Waals surface area contributed by atoms with E-state index >= 15 is 0 Å². The smallest absolute Gasteiger partial charge is 0.336 e. The van der Waals surface area contributed by atoms with Crippen molar-refractivity contribution in [1.82, 2.24) is 0 Å². The van der Waals surface area contributed by atoms with Crippen molar-refractivity contribution in [1.29, 1.82) is 0 Å². The molecule has 6 rings (SSSR count). The van der Waals surface area contributed by atoms with Crippen molar-refractivity contribution in [2.45, 2.75) is 11.8 Å². The number of aromatic carboxylic acids is 4. The molecule has 0 heterocycles. The van der Waals surface area contributed by atoms with E-state index in [2.05, 4.69) is 0 Å². The van der Waals surface area contributed by atoms with Crippen LogP contribution in [0.4, 0.5) is 0 Å². The predicted molar refractivity (Wildman–Crippen MR) is 109 cm³/mol. The first-order chi connectivity index (χ1) is 15.2. The van der Waals surface area contributed by atoms with Gasteiger partial charge in [-0.05, 0) is 69.8 Å². The molecule has 3 aromatic carbocycles. The minimum atomic E-state index is -1.25. The van der Waals surface area contributed by atoms with E-state index in [0.29, 0.717) is 27.8 Å². The third kappa shape index (κ3) is 2.49. The van der Waals surface area contributed by atoms with Crippen LogP contribution in [0, 0.1) is 0 Å². The van der Waals surface area contributed by atoms with Gasteiger partial charge in [-0.2, -0.15) is 0 Å². The van der Waals surface area contributed by atoms with Gasteiger partial charge in [-0.15, -0.1) is 0 Å². The molecule has 3 aromatic rings. The second kappa shape index (κ2) is 6.52. The van der Waals surface area contributed by atoms with Crippen LogP contribution in [0.3, 0.4) is 0 Å². The standard InChI is InChI=1S/C24H14O8/c25-21(26)9-1-3-11-15(7-9)18-16-8-10(22(27)28)2-4-12(16)17(11)19-13(23(29)30)5-6-14(20(18)19)24(31)32/h1-8,17-18H,(H,25,26)(H,27,28)(H,29,30)(H,31,32). The molecule has 0 unspecified atom stereocenters. The normalized spacial score (nSPS) is 17.1. The van der Waals surface area contributed by atoms with Crippen LogP contribution >= 0.6 is 0 Å². The van der Waals surface area contributed by atoms with Crippen molar-refractivity contribution in [2.75, 3.05) is 0 Å². The lowest BCUT2D eigenvalue weighted by molar-refractivity contribution is 0.0678. The number of carboxylic acids is 4. The summed E-state index contributed by atoms with van der Waals surface area (Å²) in [4.78, 5) is 47.3. The Bertz CT molecular complexity index is 1340. The van der Waals surface area contributed by atoms with Gasteiger partial charge in [-0.25, -0.2) is 19.2 Å². The average molecular weight is 430 g/mol.